The summed E-state index contributed by atoms with van der Waals surface area (Å²) in [4.78, 5) is 4.23. The predicted molar refractivity (Wildman–Crippen MR) is 39.6 cm³/mol. The third-order valence-electron chi connectivity index (χ3n) is 1.92. The standard InChI is InChI=1S/C8H10N2/c9-7-4-6-2-1-3-10-8(6)5-7/h1-3,7H,4-5,9H2. The first-order chi connectivity index (χ1) is 4.86. The highest BCUT2D eigenvalue weighted by Gasteiger charge is 2.17. The van der Waals surface area contributed by atoms with Crippen molar-refractivity contribution in [3.8, 4) is 0 Å². The molecule has 52 valence electrons. The van der Waals surface area contributed by atoms with Gasteiger partial charge in [0.25, 0.3) is 0 Å². The molecule has 0 fully saturated rings. The van der Waals surface area contributed by atoms with Crippen LogP contribution in [-0.2, 0) is 12.8 Å². The van der Waals surface area contributed by atoms with Gasteiger partial charge in [0.15, 0.2) is 0 Å². The van der Waals surface area contributed by atoms with Crippen LogP contribution in [-0.4, -0.2) is 11.0 Å². The van der Waals surface area contributed by atoms with E-state index in [9.17, 15) is 0 Å². The van der Waals surface area contributed by atoms with Crippen molar-refractivity contribution in [2.75, 3.05) is 0 Å². The number of aromatic nitrogens is 1. The molecule has 2 heteroatoms. The molecule has 1 heterocycles. The number of hydrogen-bond acceptors (Lipinski definition) is 2. The van der Waals surface area contributed by atoms with Crippen LogP contribution in [0, 0.1) is 0 Å². The summed E-state index contributed by atoms with van der Waals surface area (Å²) < 4.78 is 0. The quantitative estimate of drug-likeness (QED) is 0.561. The molecule has 0 aromatic carbocycles. The Kier molecular flexibility index (Phi) is 1.21. The molecule has 1 aromatic rings. The fourth-order valence-corrected chi connectivity index (χ4v) is 1.44. The molecule has 0 bridgehead atoms. The summed E-state index contributed by atoms with van der Waals surface area (Å²) in [5, 5.41) is 0. The lowest BCUT2D eigenvalue weighted by Crippen LogP contribution is -2.19. The van der Waals surface area contributed by atoms with Crippen LogP contribution in [0.25, 0.3) is 0 Å². The number of nitrogens with zero attached hydrogens (tertiary/aromatic N) is 1. The van der Waals surface area contributed by atoms with Crippen molar-refractivity contribution in [3.05, 3.63) is 29.6 Å². The van der Waals surface area contributed by atoms with E-state index < -0.39 is 0 Å². The summed E-state index contributed by atoms with van der Waals surface area (Å²) in [5.41, 5.74) is 8.26. The van der Waals surface area contributed by atoms with Gasteiger partial charge in [0.2, 0.25) is 0 Å². The zero-order valence-corrected chi connectivity index (χ0v) is 5.75. The van der Waals surface area contributed by atoms with E-state index in [1.54, 1.807) is 0 Å². The molecule has 0 saturated carbocycles. The van der Waals surface area contributed by atoms with Crippen LogP contribution in [0.15, 0.2) is 18.3 Å². The number of fused-ring (bicyclic) bond motifs is 1. The molecule has 1 aromatic heterocycles. The summed E-state index contributed by atoms with van der Waals surface area (Å²) in [5.74, 6) is 0. The van der Waals surface area contributed by atoms with Crippen LogP contribution >= 0.6 is 0 Å². The van der Waals surface area contributed by atoms with Crippen LogP contribution in [0.1, 0.15) is 11.3 Å². The van der Waals surface area contributed by atoms with Gasteiger partial charge in [0, 0.05) is 24.4 Å². The number of hydrogen-bond donors (Lipinski definition) is 1. The molecular weight excluding hydrogens is 124 g/mol. The van der Waals surface area contributed by atoms with Gasteiger partial charge in [0.1, 0.15) is 0 Å². The maximum Gasteiger partial charge on any atom is 0.0451 e. The third-order valence-corrected chi connectivity index (χ3v) is 1.92. The lowest BCUT2D eigenvalue weighted by atomic mass is 10.2. The summed E-state index contributed by atoms with van der Waals surface area (Å²) in [6, 6.07) is 4.39. The van der Waals surface area contributed by atoms with E-state index in [2.05, 4.69) is 11.1 Å². The van der Waals surface area contributed by atoms with E-state index in [1.165, 1.54) is 11.3 Å². The maximum absolute atomic E-state index is 5.74. The van der Waals surface area contributed by atoms with Gasteiger partial charge >= 0.3 is 0 Å². The summed E-state index contributed by atoms with van der Waals surface area (Å²) in [7, 11) is 0. The molecule has 0 radical (unpaired) electrons. The first-order valence-electron chi connectivity index (χ1n) is 3.54. The predicted octanol–water partition coefficient (Wildman–Crippen LogP) is 0.508. The van der Waals surface area contributed by atoms with E-state index in [0.717, 1.165) is 12.8 Å². The van der Waals surface area contributed by atoms with E-state index in [-0.39, 0.29) is 0 Å². The van der Waals surface area contributed by atoms with Gasteiger partial charge in [-0.1, -0.05) is 6.07 Å². The van der Waals surface area contributed by atoms with E-state index in [1.807, 2.05) is 12.3 Å². The topological polar surface area (TPSA) is 38.9 Å². The Morgan fingerprint density at radius 1 is 1.50 bits per heavy atom. The maximum atomic E-state index is 5.74. The first kappa shape index (κ1) is 5.86. The van der Waals surface area contributed by atoms with Crippen molar-refractivity contribution in [2.45, 2.75) is 18.9 Å². The van der Waals surface area contributed by atoms with Crippen LogP contribution in [0.2, 0.25) is 0 Å². The van der Waals surface area contributed by atoms with Gasteiger partial charge in [-0.05, 0) is 18.1 Å². The van der Waals surface area contributed by atoms with Crippen molar-refractivity contribution >= 4 is 0 Å². The van der Waals surface area contributed by atoms with E-state index >= 15 is 0 Å². The third kappa shape index (κ3) is 0.809. The van der Waals surface area contributed by atoms with Crippen molar-refractivity contribution in [2.24, 2.45) is 5.73 Å². The number of nitrogens with two attached hydrogens (primary N) is 1. The Bertz CT molecular complexity index is 220. The second kappa shape index (κ2) is 2.06. The minimum absolute atomic E-state index is 0.310. The zero-order valence-electron chi connectivity index (χ0n) is 5.75. The highest BCUT2D eigenvalue weighted by molar-refractivity contribution is 5.26. The van der Waals surface area contributed by atoms with Crippen molar-refractivity contribution in [3.63, 3.8) is 0 Å². The molecule has 2 N–H and O–H groups in total. The van der Waals surface area contributed by atoms with Crippen LogP contribution in [0.4, 0.5) is 0 Å². The molecule has 1 atom stereocenters. The van der Waals surface area contributed by atoms with Gasteiger partial charge in [-0.2, -0.15) is 0 Å². The molecular formula is C8H10N2. The number of pyridine rings is 1. The smallest absolute Gasteiger partial charge is 0.0451 e. The molecule has 1 aliphatic carbocycles. The molecule has 0 aliphatic heterocycles. The second-order valence-electron chi connectivity index (χ2n) is 2.78. The largest absolute Gasteiger partial charge is 0.327 e. The van der Waals surface area contributed by atoms with Crippen molar-refractivity contribution < 1.29 is 0 Å². The van der Waals surface area contributed by atoms with Crippen LogP contribution in [0.5, 0.6) is 0 Å². The molecule has 2 rings (SSSR count). The summed E-state index contributed by atoms with van der Waals surface area (Å²) in [6.07, 6.45) is 3.79. The first-order valence-corrected chi connectivity index (χ1v) is 3.54. The van der Waals surface area contributed by atoms with Gasteiger partial charge in [0.05, 0.1) is 0 Å². The average molecular weight is 134 g/mol. The molecule has 2 nitrogen and oxygen atoms in total. The summed E-state index contributed by atoms with van der Waals surface area (Å²) >= 11 is 0. The van der Waals surface area contributed by atoms with Gasteiger partial charge < -0.3 is 5.73 Å². The molecule has 1 aliphatic rings. The lowest BCUT2D eigenvalue weighted by molar-refractivity contribution is 0.716. The fourth-order valence-electron chi connectivity index (χ4n) is 1.44. The second-order valence-corrected chi connectivity index (χ2v) is 2.78. The molecule has 0 spiro atoms. The SMILES string of the molecule is NC1Cc2cccnc2C1. The number of rotatable bonds is 0. The van der Waals surface area contributed by atoms with Gasteiger partial charge in [-0.25, -0.2) is 0 Å². The van der Waals surface area contributed by atoms with Crippen molar-refractivity contribution in [1.29, 1.82) is 0 Å². The van der Waals surface area contributed by atoms with Crippen LogP contribution in [0.3, 0.4) is 0 Å². The minimum atomic E-state index is 0.310. The zero-order chi connectivity index (χ0) is 6.97. The average Bonchev–Trinajstić information content (AvgIpc) is 2.27. The molecule has 1 unspecified atom stereocenters. The molecule has 10 heavy (non-hydrogen) atoms. The Balaban J connectivity index is 2.42. The minimum Gasteiger partial charge on any atom is -0.327 e. The van der Waals surface area contributed by atoms with Crippen LogP contribution < -0.4 is 5.73 Å². The molecule has 0 amide bonds. The molecule has 0 saturated heterocycles. The Morgan fingerprint density at radius 3 is 3.20 bits per heavy atom. The summed E-state index contributed by atoms with van der Waals surface area (Å²) in [6.45, 7) is 0. The van der Waals surface area contributed by atoms with E-state index in [0.29, 0.717) is 6.04 Å². The Labute approximate surface area is 60.1 Å². The van der Waals surface area contributed by atoms with Crippen molar-refractivity contribution in [1.82, 2.24) is 4.98 Å². The van der Waals surface area contributed by atoms with Gasteiger partial charge in [-0.3, -0.25) is 4.98 Å². The highest BCUT2D eigenvalue weighted by Crippen LogP contribution is 2.17. The monoisotopic (exact) mass is 134 g/mol. The fraction of sp³-hybridized carbons (Fsp3) is 0.375. The lowest BCUT2D eigenvalue weighted by Gasteiger charge is -1.94. The normalized spacial score (nSPS) is 22.7. The van der Waals surface area contributed by atoms with Gasteiger partial charge in [-0.15, -0.1) is 0 Å². The van der Waals surface area contributed by atoms with E-state index in [4.69, 9.17) is 5.73 Å². The Hall–Kier alpha value is -0.890. The Morgan fingerprint density at radius 2 is 2.40 bits per heavy atom. The highest BCUT2D eigenvalue weighted by atomic mass is 14.7.